The van der Waals surface area contributed by atoms with E-state index in [-0.39, 0.29) is 5.75 Å². The van der Waals surface area contributed by atoms with Crippen LogP contribution in [0.5, 0.6) is 11.5 Å². The normalized spacial score (nSPS) is 11.3. The summed E-state index contributed by atoms with van der Waals surface area (Å²) >= 11 is 5.91. The van der Waals surface area contributed by atoms with Crippen LogP contribution in [0.25, 0.3) is 11.1 Å². The van der Waals surface area contributed by atoms with Crippen LogP contribution >= 0.6 is 11.6 Å². The summed E-state index contributed by atoms with van der Waals surface area (Å²) in [5.41, 5.74) is 6.72. The molecule has 0 aliphatic heterocycles. The molecule has 0 spiro atoms. The van der Waals surface area contributed by atoms with Crippen LogP contribution < -0.4 is 10.1 Å². The molecule has 0 atom stereocenters. The Bertz CT molecular complexity index is 1060. The van der Waals surface area contributed by atoms with Crippen molar-refractivity contribution in [2.45, 2.75) is 20.5 Å². The quantitative estimate of drug-likeness (QED) is 0.428. The van der Waals surface area contributed by atoms with E-state index in [4.69, 9.17) is 16.3 Å². The minimum atomic E-state index is 0.125. The highest BCUT2D eigenvalue weighted by atomic mass is 35.5. The van der Waals surface area contributed by atoms with Gasteiger partial charge in [-0.3, -0.25) is 0 Å². The van der Waals surface area contributed by atoms with Crippen molar-refractivity contribution in [1.82, 2.24) is 5.32 Å². The number of benzene rings is 3. The predicted molar refractivity (Wildman–Crippen MR) is 126 cm³/mol. The standard InChI is InChI=1S/C26H26ClNO2/c1-17-11-18(2)13-21(12-17)25(15-28-4)19(3)24-10-9-23(14-26(24)29)30-16-20-5-7-22(27)8-6-20/h5-15,28-29H,3,16H2,1-2,4H3/b25-15+. The van der Waals surface area contributed by atoms with Crippen LogP contribution in [0, 0.1) is 13.8 Å². The number of phenols is 1. The Morgan fingerprint density at radius 3 is 2.30 bits per heavy atom. The lowest BCUT2D eigenvalue weighted by molar-refractivity contribution is 0.304. The van der Waals surface area contributed by atoms with Gasteiger partial charge in [0.25, 0.3) is 0 Å². The molecule has 0 saturated heterocycles. The van der Waals surface area contributed by atoms with Crippen molar-refractivity contribution in [3.63, 3.8) is 0 Å². The van der Waals surface area contributed by atoms with Crippen LogP contribution in [0.15, 0.2) is 73.4 Å². The van der Waals surface area contributed by atoms with Gasteiger partial charge < -0.3 is 15.2 Å². The van der Waals surface area contributed by atoms with Gasteiger partial charge in [-0.05, 0) is 54.8 Å². The second-order valence-corrected chi connectivity index (χ2v) is 7.73. The van der Waals surface area contributed by atoms with Gasteiger partial charge in [0.1, 0.15) is 18.1 Å². The summed E-state index contributed by atoms with van der Waals surface area (Å²) in [5.74, 6) is 0.713. The molecule has 30 heavy (non-hydrogen) atoms. The number of hydrogen-bond donors (Lipinski definition) is 2. The smallest absolute Gasteiger partial charge is 0.127 e. The van der Waals surface area contributed by atoms with Gasteiger partial charge in [-0.1, -0.05) is 59.6 Å². The maximum absolute atomic E-state index is 10.7. The lowest BCUT2D eigenvalue weighted by atomic mass is 9.92. The van der Waals surface area contributed by atoms with Crippen LogP contribution in [0.3, 0.4) is 0 Å². The van der Waals surface area contributed by atoms with E-state index in [0.717, 1.165) is 22.3 Å². The highest BCUT2D eigenvalue weighted by Gasteiger charge is 2.14. The zero-order chi connectivity index (χ0) is 21.7. The van der Waals surface area contributed by atoms with Crippen molar-refractivity contribution in [1.29, 1.82) is 0 Å². The number of allylic oxidation sites excluding steroid dienone is 2. The summed E-state index contributed by atoms with van der Waals surface area (Å²) in [6.07, 6.45) is 1.90. The van der Waals surface area contributed by atoms with E-state index in [9.17, 15) is 5.11 Å². The van der Waals surface area contributed by atoms with Gasteiger partial charge >= 0.3 is 0 Å². The summed E-state index contributed by atoms with van der Waals surface area (Å²) in [7, 11) is 1.85. The Kier molecular flexibility index (Phi) is 6.86. The third kappa shape index (κ3) is 5.25. The average Bonchev–Trinajstić information content (AvgIpc) is 2.70. The van der Waals surface area contributed by atoms with E-state index in [2.05, 4.69) is 43.9 Å². The molecule has 3 aromatic rings. The van der Waals surface area contributed by atoms with Crippen LogP contribution in [-0.4, -0.2) is 12.2 Å². The minimum Gasteiger partial charge on any atom is -0.507 e. The first-order valence-electron chi connectivity index (χ1n) is 9.73. The topological polar surface area (TPSA) is 41.5 Å². The first kappa shape index (κ1) is 21.5. The van der Waals surface area contributed by atoms with E-state index in [1.807, 2.05) is 49.6 Å². The third-order valence-electron chi connectivity index (χ3n) is 4.76. The molecule has 0 unspecified atom stereocenters. The molecule has 3 rings (SSSR count). The molecular weight excluding hydrogens is 394 g/mol. The molecule has 0 saturated carbocycles. The summed E-state index contributed by atoms with van der Waals surface area (Å²) < 4.78 is 5.81. The predicted octanol–water partition coefficient (Wildman–Crippen LogP) is 6.52. The van der Waals surface area contributed by atoms with Crippen LogP contribution in [0.1, 0.15) is 27.8 Å². The number of phenolic OH excluding ortho intramolecular Hbond substituents is 1. The van der Waals surface area contributed by atoms with E-state index >= 15 is 0 Å². The molecule has 0 heterocycles. The highest BCUT2D eigenvalue weighted by molar-refractivity contribution is 6.30. The first-order chi connectivity index (χ1) is 14.4. The van der Waals surface area contributed by atoms with E-state index < -0.39 is 0 Å². The van der Waals surface area contributed by atoms with Crippen molar-refractivity contribution in [2.75, 3.05) is 7.05 Å². The molecule has 0 bridgehead atoms. The number of nitrogens with one attached hydrogen (secondary N) is 1. The molecule has 3 nitrogen and oxygen atoms in total. The van der Waals surface area contributed by atoms with Gasteiger partial charge in [0.2, 0.25) is 0 Å². The molecule has 0 radical (unpaired) electrons. The first-order valence-corrected chi connectivity index (χ1v) is 10.1. The fraction of sp³-hybridized carbons (Fsp3) is 0.154. The Morgan fingerprint density at radius 2 is 1.70 bits per heavy atom. The summed E-state index contributed by atoms with van der Waals surface area (Å²) in [6.45, 7) is 8.78. The zero-order valence-electron chi connectivity index (χ0n) is 17.5. The summed E-state index contributed by atoms with van der Waals surface area (Å²) in [6, 6.07) is 19.1. The second kappa shape index (κ2) is 9.55. The fourth-order valence-electron chi connectivity index (χ4n) is 3.37. The van der Waals surface area contributed by atoms with Crippen LogP contribution in [-0.2, 0) is 6.61 Å². The van der Waals surface area contributed by atoms with Crippen molar-refractivity contribution < 1.29 is 9.84 Å². The lowest BCUT2D eigenvalue weighted by Crippen LogP contribution is -2.00. The van der Waals surface area contributed by atoms with Gasteiger partial charge in [0.15, 0.2) is 0 Å². The molecule has 0 aliphatic rings. The highest BCUT2D eigenvalue weighted by Crippen LogP contribution is 2.36. The van der Waals surface area contributed by atoms with E-state index in [1.165, 1.54) is 11.1 Å². The number of aryl methyl sites for hydroxylation is 2. The number of hydrogen-bond acceptors (Lipinski definition) is 3. The molecule has 154 valence electrons. The number of rotatable bonds is 7. The Balaban J connectivity index is 1.82. The molecule has 3 aromatic carbocycles. The minimum absolute atomic E-state index is 0.125. The van der Waals surface area contributed by atoms with Gasteiger partial charge in [-0.2, -0.15) is 0 Å². The number of ether oxygens (including phenoxy) is 1. The number of halogens is 1. The van der Waals surface area contributed by atoms with E-state index in [1.54, 1.807) is 6.07 Å². The monoisotopic (exact) mass is 419 g/mol. The van der Waals surface area contributed by atoms with E-state index in [0.29, 0.717) is 22.9 Å². The summed E-state index contributed by atoms with van der Waals surface area (Å²) in [5, 5.41) is 14.4. The maximum Gasteiger partial charge on any atom is 0.127 e. The van der Waals surface area contributed by atoms with Gasteiger partial charge in [0, 0.05) is 35.5 Å². The largest absolute Gasteiger partial charge is 0.507 e. The molecule has 0 fully saturated rings. The van der Waals surface area contributed by atoms with Crippen molar-refractivity contribution >= 4 is 22.7 Å². The average molecular weight is 420 g/mol. The second-order valence-electron chi connectivity index (χ2n) is 7.30. The van der Waals surface area contributed by atoms with Gasteiger partial charge in [0.05, 0.1) is 0 Å². The van der Waals surface area contributed by atoms with Crippen molar-refractivity contribution in [3.8, 4) is 11.5 Å². The van der Waals surface area contributed by atoms with Crippen molar-refractivity contribution in [2.24, 2.45) is 0 Å². The van der Waals surface area contributed by atoms with Crippen molar-refractivity contribution in [3.05, 3.63) is 106 Å². The molecule has 4 heteroatoms. The molecular formula is C26H26ClNO2. The summed E-state index contributed by atoms with van der Waals surface area (Å²) in [4.78, 5) is 0. The fourth-order valence-corrected chi connectivity index (χ4v) is 3.49. The van der Waals surface area contributed by atoms with Gasteiger partial charge in [-0.15, -0.1) is 0 Å². The zero-order valence-corrected chi connectivity index (χ0v) is 18.3. The third-order valence-corrected chi connectivity index (χ3v) is 5.01. The molecule has 0 aromatic heterocycles. The SMILES string of the molecule is C=C(/C(=C\NC)c1cc(C)cc(C)c1)c1ccc(OCc2ccc(Cl)cc2)cc1O. The Labute approximate surface area is 183 Å². The number of aromatic hydroxyl groups is 1. The molecule has 2 N–H and O–H groups in total. The van der Waals surface area contributed by atoms with Gasteiger partial charge in [-0.25, -0.2) is 0 Å². The Morgan fingerprint density at radius 1 is 1.03 bits per heavy atom. The maximum atomic E-state index is 10.7. The molecule has 0 aliphatic carbocycles. The van der Waals surface area contributed by atoms with Crippen LogP contribution in [0.4, 0.5) is 0 Å². The van der Waals surface area contributed by atoms with Crippen LogP contribution in [0.2, 0.25) is 5.02 Å². The lowest BCUT2D eigenvalue weighted by Gasteiger charge is -2.16. The molecule has 0 amide bonds. The Hall–Kier alpha value is -3.17.